The van der Waals surface area contributed by atoms with Crippen molar-refractivity contribution in [1.82, 2.24) is 14.8 Å². The van der Waals surface area contributed by atoms with E-state index in [0.717, 1.165) is 13.5 Å². The molecule has 1 aromatic carbocycles. The van der Waals surface area contributed by atoms with Crippen LogP contribution in [0, 0.1) is 17.2 Å². The Morgan fingerprint density at radius 1 is 1.26 bits per heavy atom. The van der Waals surface area contributed by atoms with Crippen LogP contribution in [0.3, 0.4) is 0 Å². The van der Waals surface area contributed by atoms with E-state index in [1.807, 2.05) is 24.9 Å². The summed E-state index contributed by atoms with van der Waals surface area (Å²) < 4.78 is 45.9. The zero-order chi connectivity index (χ0) is 28.2. The molecule has 7 nitrogen and oxygen atoms in total. The number of hydrogen-bond donors (Lipinski definition) is 0. The summed E-state index contributed by atoms with van der Waals surface area (Å²) in [6, 6.07) is 6.39. The van der Waals surface area contributed by atoms with Gasteiger partial charge in [-0.3, -0.25) is 14.6 Å². The van der Waals surface area contributed by atoms with Crippen LogP contribution in [0.1, 0.15) is 76.8 Å². The minimum Gasteiger partial charge on any atom is -0.492 e. The van der Waals surface area contributed by atoms with Crippen molar-refractivity contribution in [3.8, 4) is 11.8 Å². The largest absolute Gasteiger partial charge is 0.492 e. The number of ketones is 1. The number of fused-ring (bicyclic) bond motifs is 1. The number of pyridine rings is 1. The molecule has 0 fully saturated rings. The number of benzene rings is 1. The highest BCUT2D eigenvalue weighted by Crippen LogP contribution is 2.35. The topological polar surface area (TPSA) is 86.5 Å². The SMILES string of the molecule is CCOc1cc(C(C)N2CCc3c(C(=O)C(C)C(F)(F)F)cc(CCN(C)CC)cc3C2=O)ncc1C#N. The summed E-state index contributed by atoms with van der Waals surface area (Å²) in [7, 11) is 1.92. The fourth-order valence-corrected chi connectivity index (χ4v) is 4.47. The molecule has 38 heavy (non-hydrogen) atoms. The van der Waals surface area contributed by atoms with Crippen LogP contribution in [0.4, 0.5) is 13.2 Å². The number of alkyl halides is 3. The molecule has 0 bridgehead atoms. The number of rotatable bonds is 10. The number of Topliss-reactive ketones (excluding diaryl/α,β-unsaturated/α-hetero) is 1. The number of nitriles is 1. The molecule has 204 valence electrons. The van der Waals surface area contributed by atoms with E-state index in [2.05, 4.69) is 4.98 Å². The highest BCUT2D eigenvalue weighted by Gasteiger charge is 2.43. The van der Waals surface area contributed by atoms with E-state index in [4.69, 9.17) is 4.74 Å². The predicted octanol–water partition coefficient (Wildman–Crippen LogP) is 4.99. The second-order valence-corrected chi connectivity index (χ2v) is 9.52. The number of likely N-dealkylation sites (N-methyl/N-ethyl adjacent to an activating group) is 1. The van der Waals surface area contributed by atoms with Gasteiger partial charge in [0.15, 0.2) is 5.78 Å². The van der Waals surface area contributed by atoms with Gasteiger partial charge in [0.2, 0.25) is 0 Å². The van der Waals surface area contributed by atoms with Gasteiger partial charge in [0.1, 0.15) is 23.3 Å². The van der Waals surface area contributed by atoms with E-state index in [0.29, 0.717) is 42.1 Å². The zero-order valence-corrected chi connectivity index (χ0v) is 22.4. The van der Waals surface area contributed by atoms with Crippen molar-refractivity contribution in [2.45, 2.75) is 52.8 Å². The molecule has 2 unspecified atom stereocenters. The van der Waals surface area contributed by atoms with Gasteiger partial charge in [0.05, 0.1) is 18.3 Å². The van der Waals surface area contributed by atoms with Crippen molar-refractivity contribution in [2.75, 3.05) is 33.3 Å². The molecule has 0 aliphatic carbocycles. The monoisotopic (exact) mass is 530 g/mol. The molecule has 10 heteroatoms. The lowest BCUT2D eigenvalue weighted by atomic mass is 9.85. The van der Waals surface area contributed by atoms with Gasteiger partial charge < -0.3 is 14.5 Å². The normalized spacial score (nSPS) is 15.2. The maximum Gasteiger partial charge on any atom is 0.398 e. The first kappa shape index (κ1) is 29.1. The van der Waals surface area contributed by atoms with Crippen LogP contribution in [0.15, 0.2) is 24.4 Å². The third-order valence-electron chi connectivity index (χ3n) is 7.08. The molecule has 1 amide bonds. The van der Waals surface area contributed by atoms with Crippen LogP contribution in [-0.4, -0.2) is 65.9 Å². The van der Waals surface area contributed by atoms with Gasteiger partial charge in [-0.05, 0) is 70.5 Å². The lowest BCUT2D eigenvalue weighted by Crippen LogP contribution is -2.41. The maximum atomic E-state index is 13.7. The molecule has 1 aliphatic heterocycles. The molecule has 0 N–H and O–H groups in total. The summed E-state index contributed by atoms with van der Waals surface area (Å²) in [4.78, 5) is 34.7. The number of nitrogens with zero attached hydrogens (tertiary/aromatic N) is 4. The van der Waals surface area contributed by atoms with Crippen molar-refractivity contribution in [1.29, 1.82) is 5.26 Å². The van der Waals surface area contributed by atoms with Crippen molar-refractivity contribution in [2.24, 2.45) is 5.92 Å². The molecule has 0 spiro atoms. The molecule has 2 heterocycles. The average Bonchev–Trinajstić information content (AvgIpc) is 2.90. The Hall–Kier alpha value is -3.45. The van der Waals surface area contributed by atoms with Gasteiger partial charge in [-0.25, -0.2) is 0 Å². The van der Waals surface area contributed by atoms with Crippen LogP contribution < -0.4 is 4.74 Å². The molecule has 0 saturated heterocycles. The third kappa shape index (κ3) is 6.16. The fraction of sp³-hybridized carbons (Fsp3) is 0.500. The Bertz CT molecular complexity index is 1240. The quantitative estimate of drug-likeness (QED) is 0.403. The van der Waals surface area contributed by atoms with Crippen LogP contribution in [0.2, 0.25) is 0 Å². The summed E-state index contributed by atoms with van der Waals surface area (Å²) >= 11 is 0. The first-order chi connectivity index (χ1) is 17.9. The van der Waals surface area contributed by atoms with Gasteiger partial charge in [0.25, 0.3) is 5.91 Å². The van der Waals surface area contributed by atoms with Crippen LogP contribution >= 0.6 is 0 Å². The van der Waals surface area contributed by atoms with Crippen molar-refractivity contribution >= 4 is 11.7 Å². The molecule has 1 aromatic heterocycles. The van der Waals surface area contributed by atoms with Gasteiger partial charge in [0, 0.05) is 36.5 Å². The summed E-state index contributed by atoms with van der Waals surface area (Å²) in [5, 5.41) is 9.32. The van der Waals surface area contributed by atoms with Crippen LogP contribution in [0.25, 0.3) is 0 Å². The lowest BCUT2D eigenvalue weighted by Gasteiger charge is -2.35. The van der Waals surface area contributed by atoms with Gasteiger partial charge in [-0.15, -0.1) is 0 Å². The van der Waals surface area contributed by atoms with E-state index in [1.54, 1.807) is 30.9 Å². The van der Waals surface area contributed by atoms with E-state index >= 15 is 0 Å². The van der Waals surface area contributed by atoms with Gasteiger partial charge >= 0.3 is 6.18 Å². The molecular weight excluding hydrogens is 497 g/mol. The fourth-order valence-electron chi connectivity index (χ4n) is 4.47. The van der Waals surface area contributed by atoms with Gasteiger partial charge in [-0.2, -0.15) is 18.4 Å². The minimum atomic E-state index is -4.68. The smallest absolute Gasteiger partial charge is 0.398 e. The zero-order valence-electron chi connectivity index (χ0n) is 22.4. The molecule has 3 rings (SSSR count). The van der Waals surface area contributed by atoms with Crippen LogP contribution in [-0.2, 0) is 12.8 Å². The Kier molecular flexibility index (Phi) is 9.15. The molecular formula is C28H33F3N4O3. The number of carbonyl (C=O) groups excluding carboxylic acids is 2. The molecule has 0 saturated carbocycles. The van der Waals surface area contributed by atoms with E-state index in [9.17, 15) is 28.0 Å². The first-order valence-electron chi connectivity index (χ1n) is 12.7. The first-order valence-corrected chi connectivity index (χ1v) is 12.7. The second kappa shape index (κ2) is 11.9. The Morgan fingerprint density at radius 3 is 2.58 bits per heavy atom. The molecule has 2 aromatic rings. The van der Waals surface area contributed by atoms with Crippen molar-refractivity contribution in [3.05, 3.63) is 57.9 Å². The summed E-state index contributed by atoms with van der Waals surface area (Å²) in [6.45, 7) is 8.41. The second-order valence-electron chi connectivity index (χ2n) is 9.52. The third-order valence-corrected chi connectivity index (χ3v) is 7.08. The lowest BCUT2D eigenvalue weighted by molar-refractivity contribution is -0.155. The van der Waals surface area contributed by atoms with Crippen molar-refractivity contribution in [3.63, 3.8) is 0 Å². The summed E-state index contributed by atoms with van der Waals surface area (Å²) in [5.74, 6) is -3.20. The Balaban J connectivity index is 2.02. The highest BCUT2D eigenvalue weighted by molar-refractivity contribution is 6.05. The Morgan fingerprint density at radius 2 is 1.97 bits per heavy atom. The van der Waals surface area contributed by atoms with Crippen molar-refractivity contribution < 1.29 is 27.5 Å². The average molecular weight is 531 g/mol. The maximum absolute atomic E-state index is 13.7. The number of amides is 1. The molecule has 1 aliphatic rings. The number of ether oxygens (including phenoxy) is 1. The van der Waals surface area contributed by atoms with E-state index in [1.165, 1.54) is 12.3 Å². The molecule has 2 atom stereocenters. The summed E-state index contributed by atoms with van der Waals surface area (Å²) in [6.07, 6.45) is -2.56. The minimum absolute atomic E-state index is 0.0303. The highest BCUT2D eigenvalue weighted by atomic mass is 19.4. The van der Waals surface area contributed by atoms with Gasteiger partial charge in [-0.1, -0.05) is 6.92 Å². The Labute approximate surface area is 221 Å². The number of carbonyl (C=O) groups is 2. The standard InChI is InChI=1S/C28H33F3N4O3/c1-6-34(5)10-8-19-12-22(26(36)17(3)28(29,30)31)21-9-11-35(27(37)23(21)13-19)18(4)24-14-25(38-7-2)20(15-32)16-33-24/h12-14,16-18H,6-11H2,1-5H3. The predicted molar refractivity (Wildman–Crippen MR) is 136 cm³/mol. The van der Waals surface area contributed by atoms with E-state index < -0.39 is 23.9 Å². The number of aromatic nitrogens is 1. The van der Waals surface area contributed by atoms with Crippen LogP contribution in [0.5, 0.6) is 5.75 Å². The summed E-state index contributed by atoms with van der Waals surface area (Å²) in [5.41, 5.74) is 2.01. The van der Waals surface area contributed by atoms with E-state index in [-0.39, 0.29) is 35.6 Å². The number of hydrogen-bond acceptors (Lipinski definition) is 6. The number of halogens is 3. The molecule has 0 radical (unpaired) electrons.